The summed E-state index contributed by atoms with van der Waals surface area (Å²) < 4.78 is 1.28. The van der Waals surface area contributed by atoms with Crippen molar-refractivity contribution in [1.29, 1.82) is 0 Å². The maximum atomic E-state index is 3.68. The van der Waals surface area contributed by atoms with E-state index in [4.69, 9.17) is 0 Å². The average molecular weight is 379 g/mol. The minimum Gasteiger partial charge on any atom is -0.306 e. The third kappa shape index (κ3) is 3.83. The highest BCUT2D eigenvalue weighted by Gasteiger charge is 2.15. The van der Waals surface area contributed by atoms with Gasteiger partial charge in [-0.25, -0.2) is 0 Å². The Bertz CT molecular complexity index is 560. The third-order valence-electron chi connectivity index (χ3n) is 3.54. The van der Waals surface area contributed by atoms with Crippen LogP contribution < -0.4 is 5.32 Å². The van der Waals surface area contributed by atoms with Gasteiger partial charge in [0.2, 0.25) is 0 Å². The molecule has 1 nitrogen and oxygen atoms in total. The van der Waals surface area contributed by atoms with Crippen LogP contribution in [0, 0.1) is 17.4 Å². The number of hydrogen-bond donors (Lipinski definition) is 1. The molecule has 106 valence electrons. The zero-order chi connectivity index (χ0) is 14.5. The van der Waals surface area contributed by atoms with Gasteiger partial charge >= 0.3 is 0 Å². The van der Waals surface area contributed by atoms with Gasteiger partial charge in [-0.15, -0.1) is 0 Å². The maximum absolute atomic E-state index is 3.68. The van der Waals surface area contributed by atoms with Crippen LogP contribution in [0.25, 0.3) is 0 Å². The van der Waals surface area contributed by atoms with Crippen molar-refractivity contribution in [3.8, 4) is 0 Å². The van der Waals surface area contributed by atoms with Crippen molar-refractivity contribution in [2.45, 2.75) is 33.2 Å². The molecule has 1 N–H and O–H groups in total. The number of rotatable bonds is 5. The van der Waals surface area contributed by atoms with E-state index < -0.39 is 0 Å². The Hall–Kier alpha value is -0.870. The molecule has 0 spiro atoms. The number of benzene rings is 2. The van der Waals surface area contributed by atoms with Crippen molar-refractivity contribution in [3.05, 3.63) is 68.3 Å². The molecular formula is C18H22IN. The van der Waals surface area contributed by atoms with Gasteiger partial charge in [0.05, 0.1) is 6.04 Å². The van der Waals surface area contributed by atoms with Gasteiger partial charge in [0.15, 0.2) is 0 Å². The SMILES string of the molecule is CCCNC(c1ccc(I)cc1)c1ccc(C)cc1C. The molecule has 1 atom stereocenters. The normalized spacial score (nSPS) is 12.4. The van der Waals surface area contributed by atoms with Crippen LogP contribution in [0.5, 0.6) is 0 Å². The van der Waals surface area contributed by atoms with Crippen molar-refractivity contribution < 1.29 is 0 Å². The second-order valence-electron chi connectivity index (χ2n) is 5.30. The first-order valence-electron chi connectivity index (χ1n) is 7.18. The summed E-state index contributed by atoms with van der Waals surface area (Å²) in [5.41, 5.74) is 5.40. The monoisotopic (exact) mass is 379 g/mol. The number of hydrogen-bond acceptors (Lipinski definition) is 1. The van der Waals surface area contributed by atoms with E-state index in [0.29, 0.717) is 0 Å². The predicted octanol–water partition coefficient (Wildman–Crippen LogP) is 5.00. The molecular weight excluding hydrogens is 357 g/mol. The van der Waals surface area contributed by atoms with E-state index in [1.165, 1.54) is 25.8 Å². The van der Waals surface area contributed by atoms with E-state index in [1.807, 2.05) is 0 Å². The van der Waals surface area contributed by atoms with Crippen LogP contribution in [0.15, 0.2) is 42.5 Å². The summed E-state index contributed by atoms with van der Waals surface area (Å²) in [5, 5.41) is 3.68. The average Bonchev–Trinajstić information content (AvgIpc) is 2.42. The van der Waals surface area contributed by atoms with Crippen molar-refractivity contribution in [2.75, 3.05) is 6.54 Å². The summed E-state index contributed by atoms with van der Waals surface area (Å²) in [6, 6.07) is 15.8. The van der Waals surface area contributed by atoms with Crippen molar-refractivity contribution in [2.24, 2.45) is 0 Å². The summed E-state index contributed by atoms with van der Waals surface area (Å²) in [6.45, 7) is 7.59. The molecule has 20 heavy (non-hydrogen) atoms. The molecule has 2 heteroatoms. The largest absolute Gasteiger partial charge is 0.306 e. The number of aryl methyl sites for hydroxylation is 2. The molecule has 0 radical (unpaired) electrons. The van der Waals surface area contributed by atoms with Gasteiger partial charge in [-0.1, -0.05) is 42.8 Å². The van der Waals surface area contributed by atoms with E-state index in [9.17, 15) is 0 Å². The molecule has 0 aliphatic heterocycles. The zero-order valence-corrected chi connectivity index (χ0v) is 14.6. The molecule has 0 aliphatic carbocycles. The van der Waals surface area contributed by atoms with Gasteiger partial charge in [0, 0.05) is 3.57 Å². The maximum Gasteiger partial charge on any atom is 0.0579 e. The predicted molar refractivity (Wildman–Crippen MR) is 95.2 cm³/mol. The topological polar surface area (TPSA) is 12.0 Å². The van der Waals surface area contributed by atoms with Gasteiger partial charge in [0.1, 0.15) is 0 Å². The molecule has 2 aromatic rings. The van der Waals surface area contributed by atoms with Gasteiger partial charge in [-0.3, -0.25) is 0 Å². The van der Waals surface area contributed by atoms with Crippen LogP contribution in [0.1, 0.15) is 41.6 Å². The lowest BCUT2D eigenvalue weighted by atomic mass is 9.94. The molecule has 0 aliphatic rings. The molecule has 0 heterocycles. The summed E-state index contributed by atoms with van der Waals surface area (Å²) in [7, 11) is 0. The van der Waals surface area contributed by atoms with E-state index >= 15 is 0 Å². The fraction of sp³-hybridized carbons (Fsp3) is 0.333. The standard InChI is InChI=1S/C18H22IN/c1-4-11-20-18(15-6-8-16(19)9-7-15)17-10-5-13(2)12-14(17)3/h5-10,12,18,20H,4,11H2,1-3H3. The summed E-state index contributed by atoms with van der Waals surface area (Å²) in [6.07, 6.45) is 1.14. The van der Waals surface area contributed by atoms with Gasteiger partial charge < -0.3 is 5.32 Å². The minimum absolute atomic E-state index is 0.285. The second-order valence-corrected chi connectivity index (χ2v) is 6.54. The van der Waals surface area contributed by atoms with Crippen LogP contribution in [0.2, 0.25) is 0 Å². The number of halogens is 1. The Kier molecular flexibility index (Phi) is 5.61. The first-order valence-corrected chi connectivity index (χ1v) is 8.25. The van der Waals surface area contributed by atoms with Crippen molar-refractivity contribution in [3.63, 3.8) is 0 Å². The molecule has 0 saturated heterocycles. The fourth-order valence-corrected chi connectivity index (χ4v) is 2.86. The Morgan fingerprint density at radius 3 is 2.35 bits per heavy atom. The van der Waals surface area contributed by atoms with Crippen molar-refractivity contribution >= 4 is 22.6 Å². The van der Waals surface area contributed by atoms with E-state index in [0.717, 1.165) is 13.0 Å². The Morgan fingerprint density at radius 2 is 1.75 bits per heavy atom. The Labute approximate surface area is 135 Å². The molecule has 0 fully saturated rings. The summed E-state index contributed by atoms with van der Waals surface area (Å²) in [4.78, 5) is 0. The molecule has 0 saturated carbocycles. The lowest BCUT2D eigenvalue weighted by molar-refractivity contribution is 0.596. The third-order valence-corrected chi connectivity index (χ3v) is 4.26. The van der Waals surface area contributed by atoms with Crippen LogP contribution in [-0.2, 0) is 0 Å². The van der Waals surface area contributed by atoms with Crippen LogP contribution in [0.3, 0.4) is 0 Å². The highest BCUT2D eigenvalue weighted by molar-refractivity contribution is 14.1. The first kappa shape index (κ1) is 15.5. The van der Waals surface area contributed by atoms with Crippen molar-refractivity contribution in [1.82, 2.24) is 5.32 Å². The molecule has 1 unspecified atom stereocenters. The second kappa shape index (κ2) is 7.23. The molecule has 0 bridgehead atoms. The minimum atomic E-state index is 0.285. The van der Waals surface area contributed by atoms with E-state index in [1.54, 1.807) is 0 Å². The molecule has 0 amide bonds. The zero-order valence-electron chi connectivity index (χ0n) is 12.4. The highest BCUT2D eigenvalue weighted by atomic mass is 127. The van der Waals surface area contributed by atoms with Crippen LogP contribution >= 0.6 is 22.6 Å². The molecule has 2 aromatic carbocycles. The van der Waals surface area contributed by atoms with E-state index in [-0.39, 0.29) is 6.04 Å². The number of nitrogens with one attached hydrogen (secondary N) is 1. The smallest absolute Gasteiger partial charge is 0.0579 e. The van der Waals surface area contributed by atoms with Crippen LogP contribution in [0.4, 0.5) is 0 Å². The van der Waals surface area contributed by atoms with Gasteiger partial charge in [-0.05, 0) is 78.2 Å². The molecule has 0 aromatic heterocycles. The van der Waals surface area contributed by atoms with Gasteiger partial charge in [0.25, 0.3) is 0 Å². The highest BCUT2D eigenvalue weighted by Crippen LogP contribution is 2.26. The van der Waals surface area contributed by atoms with E-state index in [2.05, 4.69) is 91.1 Å². The lowest BCUT2D eigenvalue weighted by Gasteiger charge is -2.22. The molecule has 2 rings (SSSR count). The summed E-state index contributed by atoms with van der Waals surface area (Å²) >= 11 is 2.35. The first-order chi connectivity index (χ1) is 9.61. The lowest BCUT2D eigenvalue weighted by Crippen LogP contribution is -2.24. The Morgan fingerprint density at radius 1 is 1.05 bits per heavy atom. The van der Waals surface area contributed by atoms with Gasteiger partial charge in [-0.2, -0.15) is 0 Å². The Balaban J connectivity index is 2.38. The van der Waals surface area contributed by atoms with Crippen LogP contribution in [-0.4, -0.2) is 6.54 Å². The fourth-order valence-electron chi connectivity index (χ4n) is 2.50. The quantitative estimate of drug-likeness (QED) is 0.722. The summed E-state index contributed by atoms with van der Waals surface area (Å²) in [5.74, 6) is 0.